The molecular weight excluding hydrogens is 532 g/mol. The molecule has 0 spiro atoms. The minimum Gasteiger partial charge on any atom is -0.462 e. The number of carbonyl (C=O) groups is 3. The number of hydrogen-bond donors (Lipinski definition) is 1. The zero-order valence-electron chi connectivity index (χ0n) is 20.6. The summed E-state index contributed by atoms with van der Waals surface area (Å²) in [4.78, 5) is 37.5. The average Bonchev–Trinajstić information content (AvgIpc) is 3.19. The van der Waals surface area contributed by atoms with Crippen molar-refractivity contribution >= 4 is 61.8 Å². The lowest BCUT2D eigenvalue weighted by Gasteiger charge is -2.23. The van der Waals surface area contributed by atoms with Crippen LogP contribution in [-0.2, 0) is 19.6 Å². The minimum absolute atomic E-state index is 0.0401. The number of halogens is 1. The predicted octanol–water partition coefficient (Wildman–Crippen LogP) is 5.57. The summed E-state index contributed by atoms with van der Waals surface area (Å²) in [5.74, 6) is -1.58. The largest absolute Gasteiger partial charge is 0.462 e. The van der Waals surface area contributed by atoms with Crippen molar-refractivity contribution in [2.24, 2.45) is 0 Å². The van der Waals surface area contributed by atoms with Crippen molar-refractivity contribution < 1.29 is 32.0 Å². The molecule has 1 heterocycles. The zero-order valence-corrected chi connectivity index (χ0v) is 22.2. The molecular formula is C27H23ClN2O7S. The van der Waals surface area contributed by atoms with Gasteiger partial charge in [-0.1, -0.05) is 23.7 Å². The topological polar surface area (TPSA) is 123 Å². The molecule has 0 aliphatic rings. The number of benzene rings is 3. The summed E-state index contributed by atoms with van der Waals surface area (Å²) in [6, 6.07) is 15.7. The van der Waals surface area contributed by atoms with Gasteiger partial charge in [-0.3, -0.25) is 9.59 Å². The fourth-order valence-electron chi connectivity index (χ4n) is 3.92. The molecule has 2 amide bonds. The van der Waals surface area contributed by atoms with Crippen molar-refractivity contribution in [1.82, 2.24) is 0 Å². The van der Waals surface area contributed by atoms with Gasteiger partial charge >= 0.3 is 5.97 Å². The van der Waals surface area contributed by atoms with Gasteiger partial charge in [0.15, 0.2) is 0 Å². The Labute approximate surface area is 224 Å². The molecule has 38 heavy (non-hydrogen) atoms. The SMILES string of the molecule is CCOC(=O)c1c(C)oc2ccc(N(C(=O)c3ccccc3Cl)S(=O)(=O)c3ccc(NC(C)=O)cc3)cc12. The number of carbonyl (C=O) groups excluding carboxylic acids is 3. The lowest BCUT2D eigenvalue weighted by molar-refractivity contribution is -0.114. The van der Waals surface area contributed by atoms with Crippen LogP contribution in [0.5, 0.6) is 0 Å². The lowest BCUT2D eigenvalue weighted by atomic mass is 10.1. The summed E-state index contributed by atoms with van der Waals surface area (Å²) in [6.45, 7) is 4.71. The number of sulfonamides is 1. The maximum absolute atomic E-state index is 13.9. The number of esters is 1. The van der Waals surface area contributed by atoms with E-state index in [1.165, 1.54) is 61.5 Å². The first kappa shape index (κ1) is 26.9. The van der Waals surface area contributed by atoms with Gasteiger partial charge in [-0.25, -0.2) is 13.2 Å². The molecule has 0 bridgehead atoms. The van der Waals surface area contributed by atoms with E-state index >= 15 is 0 Å². The summed E-state index contributed by atoms with van der Waals surface area (Å²) in [5.41, 5.74) is 0.749. The summed E-state index contributed by atoms with van der Waals surface area (Å²) in [6.07, 6.45) is 0. The van der Waals surface area contributed by atoms with Gasteiger partial charge in [-0.05, 0) is 68.4 Å². The van der Waals surface area contributed by atoms with Crippen LogP contribution in [-0.4, -0.2) is 32.8 Å². The highest BCUT2D eigenvalue weighted by atomic mass is 35.5. The van der Waals surface area contributed by atoms with Gasteiger partial charge in [0.1, 0.15) is 16.9 Å². The van der Waals surface area contributed by atoms with Crippen molar-refractivity contribution in [3.63, 3.8) is 0 Å². The van der Waals surface area contributed by atoms with Crippen molar-refractivity contribution in [2.45, 2.75) is 25.7 Å². The fraction of sp³-hybridized carbons (Fsp3) is 0.148. The van der Waals surface area contributed by atoms with Crippen LogP contribution in [0.2, 0.25) is 5.02 Å². The van der Waals surface area contributed by atoms with E-state index in [-0.39, 0.29) is 50.4 Å². The van der Waals surface area contributed by atoms with Gasteiger partial charge in [0.2, 0.25) is 5.91 Å². The van der Waals surface area contributed by atoms with E-state index in [4.69, 9.17) is 20.8 Å². The Balaban J connectivity index is 1.91. The number of nitrogens with one attached hydrogen (secondary N) is 1. The third-order valence-corrected chi connectivity index (χ3v) is 7.62. The maximum Gasteiger partial charge on any atom is 0.342 e. The first-order valence-electron chi connectivity index (χ1n) is 11.5. The van der Waals surface area contributed by atoms with E-state index in [1.54, 1.807) is 26.0 Å². The van der Waals surface area contributed by atoms with Crippen LogP contribution < -0.4 is 9.62 Å². The van der Waals surface area contributed by atoms with Crippen LogP contribution in [0, 0.1) is 6.92 Å². The van der Waals surface area contributed by atoms with Crippen LogP contribution >= 0.6 is 11.6 Å². The summed E-state index contributed by atoms with van der Waals surface area (Å²) in [5, 5.41) is 2.91. The van der Waals surface area contributed by atoms with Crippen LogP contribution in [0.25, 0.3) is 11.0 Å². The van der Waals surface area contributed by atoms with Crippen LogP contribution in [0.15, 0.2) is 76.0 Å². The standard InChI is InChI=1S/C27H23ClN2O7S/c1-4-36-27(33)25-16(2)37-24-14-11-19(15-22(24)25)30(26(32)21-7-5-6-8-23(21)28)38(34,35)20-12-9-18(10-13-20)29-17(3)31/h5-15H,4H2,1-3H3,(H,29,31). The molecule has 9 nitrogen and oxygen atoms in total. The maximum atomic E-state index is 13.9. The second-order valence-corrected chi connectivity index (χ2v) is 10.4. The van der Waals surface area contributed by atoms with E-state index in [1.807, 2.05) is 0 Å². The Kier molecular flexibility index (Phi) is 7.56. The van der Waals surface area contributed by atoms with Crippen LogP contribution in [0.3, 0.4) is 0 Å². The Morgan fingerprint density at radius 2 is 1.71 bits per heavy atom. The third kappa shape index (κ3) is 5.13. The molecule has 0 saturated carbocycles. The minimum atomic E-state index is -4.50. The molecule has 11 heteroatoms. The van der Waals surface area contributed by atoms with E-state index < -0.39 is 21.9 Å². The number of rotatable bonds is 7. The van der Waals surface area contributed by atoms with E-state index in [0.717, 1.165) is 0 Å². The number of hydrogen-bond acceptors (Lipinski definition) is 7. The summed E-state index contributed by atoms with van der Waals surface area (Å²) in [7, 11) is -4.50. The van der Waals surface area contributed by atoms with Gasteiger partial charge in [0, 0.05) is 18.0 Å². The molecule has 0 aliphatic heterocycles. The van der Waals surface area contributed by atoms with Crippen molar-refractivity contribution in [1.29, 1.82) is 0 Å². The molecule has 0 fully saturated rings. The van der Waals surface area contributed by atoms with Gasteiger partial charge in [-0.2, -0.15) is 4.31 Å². The van der Waals surface area contributed by atoms with Crippen molar-refractivity contribution in [2.75, 3.05) is 16.2 Å². The first-order chi connectivity index (χ1) is 18.0. The monoisotopic (exact) mass is 554 g/mol. The second kappa shape index (κ2) is 10.7. The molecule has 0 saturated heterocycles. The molecule has 0 radical (unpaired) electrons. The number of amides is 2. The average molecular weight is 555 g/mol. The molecule has 196 valence electrons. The molecule has 0 aliphatic carbocycles. The highest BCUT2D eigenvalue weighted by Crippen LogP contribution is 2.34. The van der Waals surface area contributed by atoms with Gasteiger partial charge in [0.05, 0.1) is 27.8 Å². The van der Waals surface area contributed by atoms with Crippen LogP contribution in [0.1, 0.15) is 40.3 Å². The van der Waals surface area contributed by atoms with Gasteiger partial charge < -0.3 is 14.5 Å². The highest BCUT2D eigenvalue weighted by molar-refractivity contribution is 7.93. The molecule has 1 N–H and O–H groups in total. The lowest BCUT2D eigenvalue weighted by Crippen LogP contribution is -2.37. The predicted molar refractivity (Wildman–Crippen MR) is 143 cm³/mol. The number of anilines is 2. The molecule has 1 aromatic heterocycles. The normalized spacial score (nSPS) is 11.3. The Morgan fingerprint density at radius 3 is 2.34 bits per heavy atom. The molecule has 0 unspecified atom stereocenters. The number of nitrogens with zero attached hydrogens (tertiary/aromatic N) is 1. The third-order valence-electron chi connectivity index (χ3n) is 5.56. The van der Waals surface area contributed by atoms with E-state index in [0.29, 0.717) is 15.6 Å². The summed E-state index contributed by atoms with van der Waals surface area (Å²) < 4.78 is 39.3. The Morgan fingerprint density at radius 1 is 1.03 bits per heavy atom. The van der Waals surface area contributed by atoms with Crippen LogP contribution in [0.4, 0.5) is 11.4 Å². The first-order valence-corrected chi connectivity index (χ1v) is 13.3. The number of fused-ring (bicyclic) bond motifs is 1. The Bertz CT molecular complexity index is 1660. The Hall–Kier alpha value is -4.15. The second-order valence-electron chi connectivity index (χ2n) is 8.19. The van der Waals surface area contributed by atoms with E-state index in [9.17, 15) is 22.8 Å². The van der Waals surface area contributed by atoms with Gasteiger partial charge in [0.25, 0.3) is 15.9 Å². The number of aryl methyl sites for hydroxylation is 1. The molecule has 3 aromatic carbocycles. The highest BCUT2D eigenvalue weighted by Gasteiger charge is 2.34. The molecule has 4 aromatic rings. The molecule has 0 atom stereocenters. The number of ether oxygens (including phenoxy) is 1. The van der Waals surface area contributed by atoms with Crippen molar-refractivity contribution in [3.05, 3.63) is 88.6 Å². The zero-order chi connectivity index (χ0) is 27.6. The van der Waals surface area contributed by atoms with E-state index in [2.05, 4.69) is 5.32 Å². The molecule has 4 rings (SSSR count). The smallest absolute Gasteiger partial charge is 0.342 e. The number of furan rings is 1. The van der Waals surface area contributed by atoms with Gasteiger partial charge in [-0.15, -0.1) is 0 Å². The summed E-state index contributed by atoms with van der Waals surface area (Å²) >= 11 is 6.26. The quantitative estimate of drug-likeness (QED) is 0.296. The van der Waals surface area contributed by atoms with Crippen molar-refractivity contribution in [3.8, 4) is 0 Å². The fourth-order valence-corrected chi connectivity index (χ4v) is 5.53.